The number of ketones is 1. The predicted octanol–water partition coefficient (Wildman–Crippen LogP) is 5.44. The second-order valence-corrected chi connectivity index (χ2v) is 12.9. The van der Waals surface area contributed by atoms with Gasteiger partial charge in [0.05, 0.1) is 0 Å². The van der Waals surface area contributed by atoms with Crippen molar-refractivity contribution in [3.63, 3.8) is 0 Å². The second kappa shape index (κ2) is 20.6. The highest BCUT2D eigenvalue weighted by Crippen LogP contribution is 2.34. The lowest BCUT2D eigenvalue weighted by Crippen LogP contribution is -2.63. The average Bonchev–Trinajstić information content (AvgIpc) is 3.49. The number of fused-ring (bicyclic) bond motifs is 1. The van der Waals surface area contributed by atoms with Crippen molar-refractivity contribution in [2.45, 2.75) is 110 Å². The summed E-state index contributed by atoms with van der Waals surface area (Å²) in [6, 6.07) is 16.4. The molecule has 53 heavy (non-hydrogen) atoms. The van der Waals surface area contributed by atoms with E-state index < -0.39 is 67.0 Å². The van der Waals surface area contributed by atoms with Gasteiger partial charge in [-0.25, -0.2) is 0 Å². The molecule has 286 valence electrons. The van der Waals surface area contributed by atoms with Crippen LogP contribution in [0, 0.1) is 0 Å². The van der Waals surface area contributed by atoms with E-state index in [0.717, 1.165) is 30.5 Å². The largest absolute Gasteiger partial charge is 0.463 e. The summed E-state index contributed by atoms with van der Waals surface area (Å²) in [4.78, 5) is 62.5. The van der Waals surface area contributed by atoms with Crippen molar-refractivity contribution < 1.29 is 52.4 Å². The smallest absolute Gasteiger partial charge is 0.306 e. The van der Waals surface area contributed by atoms with Crippen molar-refractivity contribution in [2.75, 3.05) is 19.8 Å². The maximum atomic E-state index is 13.0. The van der Waals surface area contributed by atoms with E-state index >= 15 is 0 Å². The third-order valence-electron chi connectivity index (χ3n) is 8.98. The van der Waals surface area contributed by atoms with E-state index in [9.17, 15) is 24.0 Å². The van der Waals surface area contributed by atoms with Gasteiger partial charge in [0.2, 0.25) is 0 Å². The molecule has 4 rings (SSSR count). The van der Waals surface area contributed by atoms with Gasteiger partial charge >= 0.3 is 23.9 Å². The number of nitrogens with one attached hydrogen (secondary N) is 1. The van der Waals surface area contributed by atoms with Crippen molar-refractivity contribution in [1.82, 2.24) is 5.32 Å². The Kier molecular flexibility index (Phi) is 15.9. The van der Waals surface area contributed by atoms with Crippen molar-refractivity contribution in [2.24, 2.45) is 0 Å². The first-order valence-electron chi connectivity index (χ1n) is 18.3. The van der Waals surface area contributed by atoms with E-state index in [1.807, 2.05) is 24.3 Å². The lowest BCUT2D eigenvalue weighted by Gasteiger charge is -2.44. The van der Waals surface area contributed by atoms with Gasteiger partial charge in [-0.05, 0) is 60.2 Å². The first-order chi connectivity index (χ1) is 25.6. The summed E-state index contributed by atoms with van der Waals surface area (Å²) in [7, 11) is 0. The normalized spacial score (nSPS) is 20.9. The molecule has 12 heteroatoms. The van der Waals surface area contributed by atoms with Crippen LogP contribution in [0.3, 0.4) is 0 Å². The van der Waals surface area contributed by atoms with Gasteiger partial charge in [0.15, 0.2) is 30.4 Å². The number of benzene rings is 2. The highest BCUT2D eigenvalue weighted by molar-refractivity contribution is 5.94. The van der Waals surface area contributed by atoms with Crippen molar-refractivity contribution in [3.8, 4) is 0 Å². The monoisotopic (exact) mass is 733 g/mol. The number of ether oxygens (including phenoxy) is 6. The Morgan fingerprint density at radius 1 is 0.792 bits per heavy atom. The zero-order valence-corrected chi connectivity index (χ0v) is 31.2. The molecule has 1 fully saturated rings. The van der Waals surface area contributed by atoms with Crippen LogP contribution in [0.5, 0.6) is 0 Å². The summed E-state index contributed by atoms with van der Waals surface area (Å²) in [5, 5.41) is 3.52. The van der Waals surface area contributed by atoms with Crippen molar-refractivity contribution in [1.29, 1.82) is 0 Å². The number of esters is 4. The van der Waals surface area contributed by atoms with E-state index in [0.29, 0.717) is 6.54 Å². The highest BCUT2D eigenvalue weighted by atomic mass is 16.7. The lowest BCUT2D eigenvalue weighted by molar-refractivity contribution is -0.307. The molecule has 0 spiro atoms. The molecule has 1 heterocycles. The molecule has 12 nitrogen and oxygen atoms in total. The fourth-order valence-corrected chi connectivity index (χ4v) is 6.06. The Labute approximate surface area is 311 Å². The number of allylic oxidation sites excluding steroid dienone is 1. The van der Waals surface area contributed by atoms with Gasteiger partial charge in [0, 0.05) is 32.2 Å². The van der Waals surface area contributed by atoms with Gasteiger partial charge in [-0.3, -0.25) is 24.0 Å². The minimum atomic E-state index is -1.44. The number of hydrogen-bond donors (Lipinski definition) is 1. The molecule has 0 aromatic heterocycles. The van der Waals surface area contributed by atoms with Crippen LogP contribution in [0.4, 0.5) is 0 Å². The quantitative estimate of drug-likeness (QED) is 0.0847. The van der Waals surface area contributed by atoms with Gasteiger partial charge in [-0.15, -0.1) is 0 Å². The van der Waals surface area contributed by atoms with Crippen LogP contribution >= 0.6 is 0 Å². The standard InChI is InChI=1S/C41H51NO11/c1-6-34(44)48-25-33-38(51-35(45)7-2)39(52-36(46)8-3)40(53-37(47)9-4)41(50-33)49-24-30(43)19-18-27-14-16-28(17-15-27)23-42-21-20-31-26(5)22-29-12-10-11-13-32(29)31/h10-19,33,38-42H,6-9,20-25H2,1-5H3/b19-18+/t33-,38+,39+,40-,41-/m1/s1. The molecule has 0 unspecified atom stereocenters. The van der Waals surface area contributed by atoms with E-state index in [1.165, 1.54) is 28.3 Å². The van der Waals surface area contributed by atoms with E-state index in [1.54, 1.807) is 33.8 Å². The van der Waals surface area contributed by atoms with Crippen LogP contribution in [-0.2, 0) is 65.4 Å². The molecule has 2 aromatic rings. The molecule has 0 saturated carbocycles. The number of rotatable bonds is 19. The molecule has 1 saturated heterocycles. The molecule has 1 aliphatic heterocycles. The first-order valence-corrected chi connectivity index (χ1v) is 18.3. The summed E-state index contributed by atoms with van der Waals surface area (Å²) >= 11 is 0. The summed E-state index contributed by atoms with van der Waals surface area (Å²) < 4.78 is 34.0. The maximum Gasteiger partial charge on any atom is 0.306 e. The molecule has 2 aliphatic rings. The van der Waals surface area contributed by atoms with Crippen LogP contribution < -0.4 is 5.32 Å². The molecule has 5 atom stereocenters. The predicted molar refractivity (Wildman–Crippen MR) is 196 cm³/mol. The Bertz CT molecular complexity index is 1650. The molecular weight excluding hydrogens is 682 g/mol. The van der Waals surface area contributed by atoms with Gasteiger partial charge in [-0.1, -0.05) is 87.9 Å². The van der Waals surface area contributed by atoms with Crippen LogP contribution in [-0.4, -0.2) is 80.1 Å². The number of carbonyl (C=O) groups excluding carboxylic acids is 5. The number of hydrogen-bond acceptors (Lipinski definition) is 12. The first kappa shape index (κ1) is 41.1. The minimum absolute atomic E-state index is 0.0135. The Morgan fingerprint density at radius 3 is 2.08 bits per heavy atom. The van der Waals surface area contributed by atoms with Crippen LogP contribution in [0.2, 0.25) is 0 Å². The topological polar surface area (TPSA) is 153 Å². The van der Waals surface area contributed by atoms with Crippen LogP contribution in [0.15, 0.2) is 60.2 Å². The summed E-state index contributed by atoms with van der Waals surface area (Å²) in [6.45, 7) is 9.24. The van der Waals surface area contributed by atoms with E-state index in [-0.39, 0.29) is 32.3 Å². The molecule has 0 amide bonds. The zero-order chi connectivity index (χ0) is 38.3. The Morgan fingerprint density at radius 2 is 1.42 bits per heavy atom. The van der Waals surface area contributed by atoms with Crippen LogP contribution in [0.25, 0.3) is 11.6 Å². The maximum absolute atomic E-state index is 13.0. The lowest BCUT2D eigenvalue weighted by atomic mass is 9.98. The third kappa shape index (κ3) is 11.9. The summed E-state index contributed by atoms with van der Waals surface area (Å²) in [5.41, 5.74) is 7.52. The fraction of sp³-hybridized carbons (Fsp3) is 0.488. The van der Waals surface area contributed by atoms with E-state index in [2.05, 4.69) is 36.5 Å². The Balaban J connectivity index is 1.38. The minimum Gasteiger partial charge on any atom is -0.463 e. The van der Waals surface area contributed by atoms with Gasteiger partial charge in [0.25, 0.3) is 0 Å². The summed E-state index contributed by atoms with van der Waals surface area (Å²) in [5.74, 6) is -2.95. The van der Waals surface area contributed by atoms with Crippen molar-refractivity contribution >= 4 is 41.3 Å². The van der Waals surface area contributed by atoms with Gasteiger partial charge in [-0.2, -0.15) is 0 Å². The highest BCUT2D eigenvalue weighted by Gasteiger charge is 2.53. The van der Waals surface area contributed by atoms with Gasteiger partial charge in [0.1, 0.15) is 19.3 Å². The van der Waals surface area contributed by atoms with Crippen molar-refractivity contribution in [3.05, 3.63) is 82.4 Å². The molecule has 0 bridgehead atoms. The molecule has 2 aromatic carbocycles. The van der Waals surface area contributed by atoms with Gasteiger partial charge < -0.3 is 33.7 Å². The molecule has 0 radical (unpaired) electrons. The zero-order valence-electron chi connectivity index (χ0n) is 31.2. The fourth-order valence-electron chi connectivity index (χ4n) is 6.06. The number of carbonyl (C=O) groups is 5. The molecular formula is C41H51NO11. The second-order valence-electron chi connectivity index (χ2n) is 12.9. The van der Waals surface area contributed by atoms with E-state index in [4.69, 9.17) is 28.4 Å². The summed E-state index contributed by atoms with van der Waals surface area (Å²) in [6.07, 6.45) is -1.69. The third-order valence-corrected chi connectivity index (χ3v) is 8.98. The SMILES string of the molecule is CCC(=O)OC[C@H]1O[C@@H](OCC(=O)/C=C/c2ccc(CNCCC3=C(C)Cc4ccccc43)cc2)[C@H](OC(=O)CC)[C@@H](OC(=O)CC)[C@H]1OC(=O)CC. The Hall–Kier alpha value is -4.65. The molecule has 1 N–H and O–H groups in total. The average molecular weight is 734 g/mol. The molecule has 1 aliphatic carbocycles. The van der Waals surface area contributed by atoms with Crippen LogP contribution in [0.1, 0.15) is 89.0 Å².